The smallest absolute Gasteiger partial charge is 0.331 e. The number of ether oxygens (including phenoxy) is 1. The van der Waals surface area contributed by atoms with Crippen molar-refractivity contribution < 1.29 is 14.5 Å². The normalized spacial score (nSPS) is 11.0. The summed E-state index contributed by atoms with van der Waals surface area (Å²) >= 11 is 1.29. The Hall–Kier alpha value is -3.33. The minimum absolute atomic E-state index is 0.0291. The molecule has 0 unspecified atom stereocenters. The summed E-state index contributed by atoms with van der Waals surface area (Å²) in [6.07, 6.45) is 2.67. The second-order valence-corrected chi connectivity index (χ2v) is 5.85. The summed E-state index contributed by atoms with van der Waals surface area (Å²) in [4.78, 5) is 40.4. The van der Waals surface area contributed by atoms with E-state index in [-0.39, 0.29) is 23.7 Å². The van der Waals surface area contributed by atoms with Gasteiger partial charge in [-0.2, -0.15) is 0 Å². The molecule has 3 rings (SSSR count). The van der Waals surface area contributed by atoms with Crippen LogP contribution in [0.5, 0.6) is 0 Å². The van der Waals surface area contributed by atoms with E-state index in [0.717, 1.165) is 0 Å². The Kier molecular flexibility index (Phi) is 4.66. The molecule has 25 heavy (non-hydrogen) atoms. The van der Waals surface area contributed by atoms with Crippen molar-refractivity contribution in [3.63, 3.8) is 0 Å². The van der Waals surface area contributed by atoms with Crippen molar-refractivity contribution in [2.75, 3.05) is 0 Å². The van der Waals surface area contributed by atoms with Crippen LogP contribution in [0.15, 0.2) is 46.6 Å². The SMILES string of the molecule is O=C(/C=C/c1ccc([N+](=O)[O-])cc1)OCc1nc2ccsc2c(=O)[nH]1. The van der Waals surface area contributed by atoms with Crippen LogP contribution in [0.3, 0.4) is 0 Å². The number of aromatic amines is 1. The summed E-state index contributed by atoms with van der Waals surface area (Å²) in [5.74, 6) is -0.362. The molecule has 0 spiro atoms. The number of nitro groups is 1. The van der Waals surface area contributed by atoms with E-state index in [1.54, 1.807) is 11.4 Å². The lowest BCUT2D eigenvalue weighted by molar-refractivity contribution is -0.384. The van der Waals surface area contributed by atoms with Crippen LogP contribution in [-0.2, 0) is 16.1 Å². The van der Waals surface area contributed by atoms with E-state index in [4.69, 9.17) is 4.74 Å². The molecule has 0 atom stereocenters. The van der Waals surface area contributed by atoms with E-state index in [9.17, 15) is 19.7 Å². The van der Waals surface area contributed by atoms with Gasteiger partial charge < -0.3 is 9.72 Å². The fourth-order valence-electron chi connectivity index (χ4n) is 2.05. The molecule has 0 radical (unpaired) electrons. The van der Waals surface area contributed by atoms with Gasteiger partial charge in [0.2, 0.25) is 0 Å². The zero-order chi connectivity index (χ0) is 17.8. The molecule has 2 aromatic heterocycles. The second-order valence-electron chi connectivity index (χ2n) is 4.94. The molecular formula is C16H11N3O5S. The third-order valence-electron chi connectivity index (χ3n) is 3.23. The van der Waals surface area contributed by atoms with E-state index in [0.29, 0.717) is 15.8 Å². The van der Waals surface area contributed by atoms with Crippen LogP contribution in [-0.4, -0.2) is 20.9 Å². The first-order valence-electron chi connectivity index (χ1n) is 7.08. The standard InChI is InChI=1S/C16H11N3O5S/c20-14(6-3-10-1-4-11(5-2-10)19(22)23)24-9-13-17-12-7-8-25-15(12)16(21)18-13/h1-8H,9H2,(H,17,18,21)/b6-3+. The average Bonchev–Trinajstić information content (AvgIpc) is 3.07. The Morgan fingerprint density at radius 2 is 2.08 bits per heavy atom. The number of hydrogen-bond donors (Lipinski definition) is 1. The van der Waals surface area contributed by atoms with Crippen LogP contribution in [0.1, 0.15) is 11.4 Å². The van der Waals surface area contributed by atoms with Gasteiger partial charge >= 0.3 is 5.97 Å². The summed E-state index contributed by atoms with van der Waals surface area (Å²) in [7, 11) is 0. The van der Waals surface area contributed by atoms with Gasteiger partial charge in [-0.25, -0.2) is 9.78 Å². The van der Waals surface area contributed by atoms with E-state index in [2.05, 4.69) is 9.97 Å². The monoisotopic (exact) mass is 357 g/mol. The molecule has 0 aliphatic heterocycles. The molecule has 1 aromatic carbocycles. The third-order valence-corrected chi connectivity index (χ3v) is 4.13. The Morgan fingerprint density at radius 1 is 1.32 bits per heavy atom. The minimum atomic E-state index is -0.619. The highest BCUT2D eigenvalue weighted by Gasteiger charge is 2.07. The quantitative estimate of drug-likeness (QED) is 0.325. The summed E-state index contributed by atoms with van der Waals surface area (Å²) in [5.41, 5.74) is 0.876. The lowest BCUT2D eigenvalue weighted by atomic mass is 10.2. The number of carbonyl (C=O) groups is 1. The highest BCUT2D eigenvalue weighted by molar-refractivity contribution is 7.17. The zero-order valence-corrected chi connectivity index (χ0v) is 13.5. The number of thiophene rings is 1. The Labute approximate surface area is 144 Å². The number of hydrogen-bond acceptors (Lipinski definition) is 7. The van der Waals surface area contributed by atoms with Crippen LogP contribution in [0.4, 0.5) is 5.69 Å². The van der Waals surface area contributed by atoms with Gasteiger partial charge in [0.1, 0.15) is 17.1 Å². The molecule has 0 saturated heterocycles. The molecule has 126 valence electrons. The Bertz CT molecular complexity index is 1020. The lowest BCUT2D eigenvalue weighted by Gasteiger charge is -2.01. The first kappa shape index (κ1) is 16.5. The number of benzene rings is 1. The van der Waals surface area contributed by atoms with Crippen molar-refractivity contribution in [3.8, 4) is 0 Å². The maximum atomic E-state index is 11.8. The number of fused-ring (bicyclic) bond motifs is 1. The number of nitrogens with one attached hydrogen (secondary N) is 1. The number of esters is 1. The second kappa shape index (κ2) is 7.05. The van der Waals surface area contributed by atoms with E-state index in [1.165, 1.54) is 47.8 Å². The maximum absolute atomic E-state index is 11.8. The van der Waals surface area contributed by atoms with Crippen LogP contribution in [0.2, 0.25) is 0 Å². The van der Waals surface area contributed by atoms with Crippen molar-refractivity contribution in [2.45, 2.75) is 6.61 Å². The fraction of sp³-hybridized carbons (Fsp3) is 0.0625. The fourth-order valence-corrected chi connectivity index (χ4v) is 2.77. The van der Waals surface area contributed by atoms with Crippen molar-refractivity contribution in [2.24, 2.45) is 0 Å². The van der Waals surface area contributed by atoms with Gasteiger partial charge in [-0.3, -0.25) is 14.9 Å². The van der Waals surface area contributed by atoms with E-state index in [1.807, 2.05) is 0 Å². The minimum Gasteiger partial charge on any atom is -0.454 e. The van der Waals surface area contributed by atoms with Crippen LogP contribution in [0.25, 0.3) is 16.3 Å². The van der Waals surface area contributed by atoms with Gasteiger partial charge in [0.15, 0.2) is 0 Å². The average molecular weight is 357 g/mol. The maximum Gasteiger partial charge on any atom is 0.331 e. The van der Waals surface area contributed by atoms with Crippen molar-refractivity contribution in [3.05, 3.63) is 73.6 Å². The highest BCUT2D eigenvalue weighted by Crippen LogP contribution is 2.14. The number of carbonyl (C=O) groups excluding carboxylic acids is 1. The molecular weight excluding hydrogens is 346 g/mol. The number of nitro benzene ring substituents is 1. The molecule has 8 nitrogen and oxygen atoms in total. The number of non-ortho nitro benzene ring substituents is 1. The lowest BCUT2D eigenvalue weighted by Crippen LogP contribution is -2.12. The molecule has 0 bridgehead atoms. The molecule has 9 heteroatoms. The van der Waals surface area contributed by atoms with Gasteiger partial charge in [-0.1, -0.05) is 0 Å². The van der Waals surface area contributed by atoms with Gasteiger partial charge in [0.05, 0.1) is 10.4 Å². The molecule has 0 aliphatic carbocycles. The molecule has 0 amide bonds. The van der Waals surface area contributed by atoms with Crippen molar-refractivity contribution in [1.29, 1.82) is 0 Å². The predicted octanol–water partition coefficient (Wildman–Crippen LogP) is 2.65. The number of aromatic nitrogens is 2. The summed E-state index contributed by atoms with van der Waals surface area (Å²) < 4.78 is 5.55. The number of rotatable bonds is 5. The van der Waals surface area contributed by atoms with E-state index >= 15 is 0 Å². The molecule has 3 aromatic rings. The molecule has 1 N–H and O–H groups in total. The summed E-state index contributed by atoms with van der Waals surface area (Å²) in [6.45, 7) is -0.162. The van der Waals surface area contributed by atoms with E-state index < -0.39 is 10.9 Å². The van der Waals surface area contributed by atoms with Gasteiger partial charge in [0, 0.05) is 18.2 Å². The predicted molar refractivity (Wildman–Crippen MR) is 92.2 cm³/mol. The first-order chi connectivity index (χ1) is 12.0. The van der Waals surface area contributed by atoms with Crippen molar-refractivity contribution in [1.82, 2.24) is 9.97 Å². The Morgan fingerprint density at radius 3 is 2.80 bits per heavy atom. The van der Waals surface area contributed by atoms with Gasteiger partial charge in [-0.05, 0) is 35.2 Å². The largest absolute Gasteiger partial charge is 0.454 e. The summed E-state index contributed by atoms with van der Waals surface area (Å²) in [6, 6.07) is 7.44. The molecule has 0 saturated carbocycles. The number of nitrogens with zero attached hydrogens (tertiary/aromatic N) is 2. The summed E-state index contributed by atoms with van der Waals surface area (Å²) in [5, 5.41) is 12.3. The van der Waals surface area contributed by atoms with Crippen LogP contribution in [0, 0.1) is 10.1 Å². The van der Waals surface area contributed by atoms with Crippen LogP contribution >= 0.6 is 11.3 Å². The highest BCUT2D eigenvalue weighted by atomic mass is 32.1. The topological polar surface area (TPSA) is 115 Å². The first-order valence-corrected chi connectivity index (χ1v) is 7.96. The molecule has 0 fully saturated rings. The van der Waals surface area contributed by atoms with Gasteiger partial charge in [0.25, 0.3) is 11.2 Å². The molecule has 0 aliphatic rings. The van der Waals surface area contributed by atoms with Gasteiger partial charge in [-0.15, -0.1) is 11.3 Å². The van der Waals surface area contributed by atoms with Crippen LogP contribution < -0.4 is 5.56 Å². The third kappa shape index (κ3) is 3.96. The van der Waals surface area contributed by atoms with Crippen molar-refractivity contribution >= 4 is 39.3 Å². The molecule has 2 heterocycles. The Balaban J connectivity index is 1.61. The zero-order valence-electron chi connectivity index (χ0n) is 12.7. The number of H-pyrrole nitrogens is 1.